The molecule has 0 unspecified atom stereocenters. The lowest BCUT2D eigenvalue weighted by atomic mass is 10.1. The molecule has 0 atom stereocenters. The molecular formula is C19H17ClN4OS. The van der Waals surface area contributed by atoms with E-state index in [-0.39, 0.29) is 6.03 Å². The Morgan fingerprint density at radius 3 is 2.69 bits per heavy atom. The summed E-state index contributed by atoms with van der Waals surface area (Å²) in [5, 5.41) is 9.56. The summed E-state index contributed by atoms with van der Waals surface area (Å²) in [6.07, 6.45) is 0. The number of amides is 2. The number of anilines is 1. The fraction of sp³-hybridized carbons (Fsp3) is 0.158. The second-order valence-corrected chi connectivity index (χ2v) is 7.22. The number of halogens is 1. The van der Waals surface area contributed by atoms with Gasteiger partial charge in [0.1, 0.15) is 0 Å². The highest BCUT2D eigenvalue weighted by atomic mass is 35.5. The molecule has 2 aliphatic rings. The highest BCUT2D eigenvalue weighted by molar-refractivity contribution is 8.16. The smallest absolute Gasteiger partial charge is 0.319 e. The zero-order valence-corrected chi connectivity index (χ0v) is 15.5. The number of hydrogen-bond donors (Lipinski definition) is 2. The molecule has 0 saturated carbocycles. The topological polar surface area (TPSA) is 56.7 Å². The van der Waals surface area contributed by atoms with E-state index in [1.54, 1.807) is 11.8 Å². The molecule has 0 aromatic heterocycles. The van der Waals surface area contributed by atoms with Crippen LogP contribution in [0.4, 0.5) is 10.5 Å². The number of nitrogens with one attached hydrogen (secondary N) is 2. The lowest BCUT2D eigenvalue weighted by Crippen LogP contribution is -2.28. The number of thioether (sulfide) groups is 1. The van der Waals surface area contributed by atoms with E-state index in [0.29, 0.717) is 11.6 Å². The van der Waals surface area contributed by atoms with Crippen molar-refractivity contribution in [1.29, 1.82) is 0 Å². The highest BCUT2D eigenvalue weighted by Gasteiger charge is 2.26. The van der Waals surface area contributed by atoms with E-state index in [0.717, 1.165) is 35.1 Å². The molecule has 5 nitrogen and oxygen atoms in total. The van der Waals surface area contributed by atoms with Gasteiger partial charge in [0.25, 0.3) is 0 Å². The number of carbonyl (C=O) groups is 1. The Balaban J connectivity index is 1.33. The molecule has 0 fully saturated rings. The van der Waals surface area contributed by atoms with Crippen molar-refractivity contribution < 1.29 is 4.79 Å². The van der Waals surface area contributed by atoms with E-state index >= 15 is 0 Å². The Morgan fingerprint density at radius 2 is 1.92 bits per heavy atom. The minimum atomic E-state index is -0.239. The average molecular weight is 385 g/mol. The molecule has 0 aliphatic carbocycles. The monoisotopic (exact) mass is 384 g/mol. The molecule has 2 amide bonds. The SMILES string of the molecule is O=C(NCc1ccc(Cl)cc1)Nc1ccc(C2=CSC3=NCCN23)cc1. The van der Waals surface area contributed by atoms with Crippen molar-refractivity contribution >= 4 is 45.9 Å². The quantitative estimate of drug-likeness (QED) is 0.822. The summed E-state index contributed by atoms with van der Waals surface area (Å²) in [5.41, 5.74) is 4.04. The maximum Gasteiger partial charge on any atom is 0.319 e. The van der Waals surface area contributed by atoms with Gasteiger partial charge in [-0.2, -0.15) is 0 Å². The molecule has 2 N–H and O–H groups in total. The van der Waals surface area contributed by atoms with Gasteiger partial charge in [-0.05, 0) is 35.4 Å². The van der Waals surface area contributed by atoms with Crippen molar-refractivity contribution in [1.82, 2.24) is 10.2 Å². The van der Waals surface area contributed by atoms with E-state index in [4.69, 9.17) is 11.6 Å². The van der Waals surface area contributed by atoms with Gasteiger partial charge < -0.3 is 15.5 Å². The number of amidine groups is 1. The molecule has 0 spiro atoms. The van der Waals surface area contributed by atoms with Crippen LogP contribution in [0.5, 0.6) is 0 Å². The van der Waals surface area contributed by atoms with E-state index in [1.165, 1.54) is 5.70 Å². The molecule has 26 heavy (non-hydrogen) atoms. The summed E-state index contributed by atoms with van der Waals surface area (Å²) in [5.74, 6) is 0. The zero-order valence-electron chi connectivity index (χ0n) is 13.9. The number of urea groups is 1. The largest absolute Gasteiger partial charge is 0.334 e. The van der Waals surface area contributed by atoms with Crippen LogP contribution in [0.2, 0.25) is 5.02 Å². The second kappa shape index (κ2) is 7.43. The van der Waals surface area contributed by atoms with Gasteiger partial charge in [-0.3, -0.25) is 4.99 Å². The summed E-state index contributed by atoms with van der Waals surface area (Å²) in [6.45, 7) is 2.23. The number of rotatable bonds is 4. The normalized spacial score (nSPS) is 15.3. The van der Waals surface area contributed by atoms with Gasteiger partial charge >= 0.3 is 6.03 Å². The first-order valence-electron chi connectivity index (χ1n) is 8.27. The first-order chi connectivity index (χ1) is 12.7. The van der Waals surface area contributed by atoms with Crippen LogP contribution in [-0.2, 0) is 6.54 Å². The number of benzene rings is 2. The summed E-state index contributed by atoms with van der Waals surface area (Å²) in [6, 6.07) is 15.0. The van der Waals surface area contributed by atoms with Crippen molar-refractivity contribution in [2.75, 3.05) is 18.4 Å². The van der Waals surface area contributed by atoms with Gasteiger partial charge in [0, 0.05) is 29.2 Å². The van der Waals surface area contributed by atoms with E-state index in [1.807, 2.05) is 48.5 Å². The number of aliphatic imine (C=N–C) groups is 1. The fourth-order valence-corrected chi connectivity index (χ4v) is 3.92. The Labute approximate surface area is 161 Å². The first-order valence-corrected chi connectivity index (χ1v) is 9.53. The molecule has 2 aromatic rings. The third-order valence-corrected chi connectivity index (χ3v) is 5.33. The van der Waals surface area contributed by atoms with Gasteiger partial charge in [-0.25, -0.2) is 4.79 Å². The Kier molecular flexibility index (Phi) is 4.86. The van der Waals surface area contributed by atoms with E-state index < -0.39 is 0 Å². The molecule has 0 bridgehead atoms. The predicted octanol–water partition coefficient (Wildman–Crippen LogP) is 4.38. The van der Waals surface area contributed by atoms with Crippen molar-refractivity contribution in [3.05, 3.63) is 70.1 Å². The first kappa shape index (κ1) is 17.0. The number of nitrogens with zero attached hydrogens (tertiary/aromatic N) is 2. The van der Waals surface area contributed by atoms with Gasteiger partial charge in [0.05, 0.1) is 12.2 Å². The summed E-state index contributed by atoms with van der Waals surface area (Å²) in [4.78, 5) is 18.7. The highest BCUT2D eigenvalue weighted by Crippen LogP contribution is 2.35. The molecule has 0 radical (unpaired) electrons. The van der Waals surface area contributed by atoms with Crippen LogP contribution in [0.1, 0.15) is 11.1 Å². The third-order valence-electron chi connectivity index (χ3n) is 4.17. The van der Waals surface area contributed by atoms with Crippen LogP contribution >= 0.6 is 23.4 Å². The van der Waals surface area contributed by atoms with Gasteiger partial charge in [0.2, 0.25) is 0 Å². The summed E-state index contributed by atoms with van der Waals surface area (Å²) < 4.78 is 0. The van der Waals surface area contributed by atoms with Crippen LogP contribution < -0.4 is 10.6 Å². The van der Waals surface area contributed by atoms with Gasteiger partial charge in [-0.1, -0.05) is 47.6 Å². The van der Waals surface area contributed by atoms with Crippen molar-refractivity contribution in [2.24, 2.45) is 4.99 Å². The summed E-state index contributed by atoms with van der Waals surface area (Å²) >= 11 is 7.52. The fourth-order valence-electron chi connectivity index (χ4n) is 2.83. The van der Waals surface area contributed by atoms with Crippen LogP contribution in [0.25, 0.3) is 5.70 Å². The molecule has 132 valence electrons. The molecule has 4 rings (SSSR count). The van der Waals surface area contributed by atoms with Crippen LogP contribution in [-0.4, -0.2) is 29.2 Å². The minimum Gasteiger partial charge on any atom is -0.334 e. The molecule has 2 heterocycles. The van der Waals surface area contributed by atoms with E-state index in [9.17, 15) is 4.79 Å². The predicted molar refractivity (Wildman–Crippen MR) is 108 cm³/mol. The van der Waals surface area contributed by atoms with Crippen molar-refractivity contribution in [3.8, 4) is 0 Å². The Bertz CT molecular complexity index is 877. The maximum absolute atomic E-state index is 12.1. The van der Waals surface area contributed by atoms with Crippen molar-refractivity contribution in [2.45, 2.75) is 6.54 Å². The molecule has 2 aromatic carbocycles. The van der Waals surface area contributed by atoms with E-state index in [2.05, 4.69) is 25.9 Å². The molecular weight excluding hydrogens is 368 g/mol. The maximum atomic E-state index is 12.1. The summed E-state index contributed by atoms with van der Waals surface area (Å²) in [7, 11) is 0. The average Bonchev–Trinajstić information content (AvgIpc) is 3.26. The lowest BCUT2D eigenvalue weighted by Gasteiger charge is -2.17. The lowest BCUT2D eigenvalue weighted by molar-refractivity contribution is 0.251. The number of carbonyl (C=O) groups excluding carboxylic acids is 1. The minimum absolute atomic E-state index is 0.239. The van der Waals surface area contributed by atoms with Crippen LogP contribution in [0.3, 0.4) is 0 Å². The Morgan fingerprint density at radius 1 is 1.15 bits per heavy atom. The van der Waals surface area contributed by atoms with Crippen LogP contribution in [0, 0.1) is 0 Å². The standard InChI is InChI=1S/C19H17ClN4OS/c20-15-5-1-13(2-6-15)11-22-18(25)23-16-7-3-14(4-8-16)17-12-26-19-21-9-10-24(17)19/h1-8,12H,9-11H2,(H2,22,23,25). The zero-order chi connectivity index (χ0) is 17.9. The van der Waals surface area contributed by atoms with Crippen LogP contribution in [0.15, 0.2) is 58.9 Å². The third kappa shape index (κ3) is 3.71. The van der Waals surface area contributed by atoms with Crippen molar-refractivity contribution in [3.63, 3.8) is 0 Å². The van der Waals surface area contributed by atoms with Gasteiger partial charge in [0.15, 0.2) is 5.17 Å². The van der Waals surface area contributed by atoms with Gasteiger partial charge in [-0.15, -0.1) is 0 Å². The molecule has 7 heteroatoms. The second-order valence-electron chi connectivity index (χ2n) is 5.95. The molecule has 2 aliphatic heterocycles. The number of fused-ring (bicyclic) bond motifs is 1. The molecule has 0 saturated heterocycles. The number of hydrogen-bond acceptors (Lipinski definition) is 4. The Hall–Kier alpha value is -2.44.